The van der Waals surface area contributed by atoms with Crippen molar-refractivity contribution in [2.75, 3.05) is 17.2 Å². The standard InChI is InChI=1S/C17H20BrN3O/c1-3-4-8-19-13-7-9-20-16(11-13)17(22)21-15-6-5-12(2)10-14(15)18/h5-7,9-11H,3-4,8H2,1-2H3,(H,19,20)(H,21,22). The molecule has 2 rings (SSSR count). The van der Waals surface area contributed by atoms with Crippen LogP contribution in [-0.2, 0) is 0 Å². The average molecular weight is 362 g/mol. The van der Waals surface area contributed by atoms with Crippen LogP contribution < -0.4 is 10.6 Å². The second kappa shape index (κ2) is 7.94. The number of aromatic nitrogens is 1. The smallest absolute Gasteiger partial charge is 0.274 e. The molecule has 116 valence electrons. The van der Waals surface area contributed by atoms with Gasteiger partial charge < -0.3 is 10.6 Å². The minimum atomic E-state index is -0.219. The van der Waals surface area contributed by atoms with Crippen LogP contribution in [0, 0.1) is 6.92 Å². The molecule has 2 aromatic rings. The van der Waals surface area contributed by atoms with Crippen molar-refractivity contribution in [1.82, 2.24) is 4.98 Å². The van der Waals surface area contributed by atoms with Crippen LogP contribution in [0.1, 0.15) is 35.8 Å². The zero-order valence-corrected chi connectivity index (χ0v) is 14.4. The highest BCUT2D eigenvalue weighted by atomic mass is 79.9. The van der Waals surface area contributed by atoms with E-state index in [2.05, 4.69) is 38.5 Å². The molecule has 1 aromatic heterocycles. The normalized spacial score (nSPS) is 10.3. The topological polar surface area (TPSA) is 54.0 Å². The van der Waals surface area contributed by atoms with E-state index in [-0.39, 0.29) is 5.91 Å². The Morgan fingerprint density at radius 2 is 2.09 bits per heavy atom. The lowest BCUT2D eigenvalue weighted by Gasteiger charge is -2.09. The zero-order chi connectivity index (χ0) is 15.9. The number of unbranched alkanes of at least 4 members (excludes halogenated alkanes) is 1. The highest BCUT2D eigenvalue weighted by Crippen LogP contribution is 2.24. The first-order valence-electron chi connectivity index (χ1n) is 7.37. The SMILES string of the molecule is CCCCNc1ccnc(C(=O)Nc2ccc(C)cc2Br)c1. The molecule has 5 heteroatoms. The Bertz CT molecular complexity index is 658. The van der Waals surface area contributed by atoms with Gasteiger partial charge in [-0.2, -0.15) is 0 Å². The van der Waals surface area contributed by atoms with E-state index in [1.54, 1.807) is 12.3 Å². The fourth-order valence-corrected chi connectivity index (χ4v) is 2.57. The molecule has 0 spiro atoms. The van der Waals surface area contributed by atoms with Crippen molar-refractivity contribution in [3.8, 4) is 0 Å². The number of hydrogen-bond donors (Lipinski definition) is 2. The van der Waals surface area contributed by atoms with Crippen molar-refractivity contribution < 1.29 is 4.79 Å². The molecule has 0 atom stereocenters. The second-order valence-electron chi connectivity index (χ2n) is 5.15. The number of nitrogens with zero attached hydrogens (tertiary/aromatic N) is 1. The van der Waals surface area contributed by atoms with Gasteiger partial charge in [0.2, 0.25) is 0 Å². The molecule has 0 aliphatic rings. The van der Waals surface area contributed by atoms with Crippen LogP contribution in [0.4, 0.5) is 11.4 Å². The maximum atomic E-state index is 12.3. The Morgan fingerprint density at radius 1 is 1.27 bits per heavy atom. The molecule has 1 aromatic carbocycles. The number of benzene rings is 1. The molecule has 0 aliphatic heterocycles. The number of rotatable bonds is 6. The molecule has 22 heavy (non-hydrogen) atoms. The molecule has 0 fully saturated rings. The fourth-order valence-electron chi connectivity index (χ4n) is 1.98. The van der Waals surface area contributed by atoms with Crippen LogP contribution >= 0.6 is 15.9 Å². The maximum absolute atomic E-state index is 12.3. The Morgan fingerprint density at radius 3 is 2.82 bits per heavy atom. The number of nitrogens with one attached hydrogen (secondary N) is 2. The lowest BCUT2D eigenvalue weighted by molar-refractivity contribution is 0.102. The van der Waals surface area contributed by atoms with Crippen molar-refractivity contribution in [1.29, 1.82) is 0 Å². The minimum Gasteiger partial charge on any atom is -0.385 e. The average Bonchev–Trinajstić information content (AvgIpc) is 2.50. The first-order valence-corrected chi connectivity index (χ1v) is 8.17. The van der Waals surface area contributed by atoms with Gasteiger partial charge in [-0.15, -0.1) is 0 Å². The third-order valence-electron chi connectivity index (χ3n) is 3.22. The van der Waals surface area contributed by atoms with Crippen LogP contribution in [0.2, 0.25) is 0 Å². The number of pyridine rings is 1. The lowest BCUT2D eigenvalue weighted by Crippen LogP contribution is -2.14. The quantitative estimate of drug-likeness (QED) is 0.738. The number of hydrogen-bond acceptors (Lipinski definition) is 3. The molecule has 1 heterocycles. The summed E-state index contributed by atoms with van der Waals surface area (Å²) >= 11 is 3.46. The fraction of sp³-hybridized carbons (Fsp3) is 0.294. The molecule has 1 amide bonds. The van der Waals surface area contributed by atoms with Crippen molar-refractivity contribution in [3.05, 3.63) is 52.3 Å². The molecule has 0 bridgehead atoms. The summed E-state index contributed by atoms with van der Waals surface area (Å²) in [5.74, 6) is -0.219. The highest BCUT2D eigenvalue weighted by Gasteiger charge is 2.10. The third kappa shape index (κ3) is 4.56. The van der Waals surface area contributed by atoms with Gasteiger partial charge in [0.25, 0.3) is 5.91 Å². The number of carbonyl (C=O) groups excluding carboxylic acids is 1. The molecule has 0 saturated heterocycles. The van der Waals surface area contributed by atoms with E-state index in [1.165, 1.54) is 0 Å². The summed E-state index contributed by atoms with van der Waals surface area (Å²) < 4.78 is 0.859. The summed E-state index contributed by atoms with van der Waals surface area (Å²) in [5, 5.41) is 6.17. The summed E-state index contributed by atoms with van der Waals surface area (Å²) in [6.07, 6.45) is 3.88. The van der Waals surface area contributed by atoms with E-state index in [0.717, 1.165) is 40.8 Å². The zero-order valence-electron chi connectivity index (χ0n) is 12.8. The number of carbonyl (C=O) groups is 1. The Labute approximate surface area is 139 Å². The van der Waals surface area contributed by atoms with Crippen molar-refractivity contribution in [3.63, 3.8) is 0 Å². The first kappa shape index (κ1) is 16.5. The van der Waals surface area contributed by atoms with Gasteiger partial charge in [0.1, 0.15) is 5.69 Å². The number of amides is 1. The molecule has 4 nitrogen and oxygen atoms in total. The van der Waals surface area contributed by atoms with E-state index in [1.807, 2.05) is 31.2 Å². The summed E-state index contributed by atoms with van der Waals surface area (Å²) in [4.78, 5) is 16.5. The summed E-state index contributed by atoms with van der Waals surface area (Å²) in [5.41, 5.74) is 3.18. The maximum Gasteiger partial charge on any atom is 0.274 e. The van der Waals surface area contributed by atoms with E-state index in [9.17, 15) is 4.79 Å². The first-order chi connectivity index (χ1) is 10.6. The minimum absolute atomic E-state index is 0.219. The van der Waals surface area contributed by atoms with Gasteiger partial charge in [-0.3, -0.25) is 9.78 Å². The van der Waals surface area contributed by atoms with Gasteiger partial charge in [0.15, 0.2) is 0 Å². The summed E-state index contributed by atoms with van der Waals surface area (Å²) in [7, 11) is 0. The summed E-state index contributed by atoms with van der Waals surface area (Å²) in [6, 6.07) is 9.43. The molecular formula is C17H20BrN3O. The van der Waals surface area contributed by atoms with Crippen LogP contribution in [0.3, 0.4) is 0 Å². The molecule has 0 aliphatic carbocycles. The number of aryl methyl sites for hydroxylation is 1. The van der Waals surface area contributed by atoms with E-state index >= 15 is 0 Å². The van der Waals surface area contributed by atoms with Crippen LogP contribution in [-0.4, -0.2) is 17.4 Å². The molecule has 0 unspecified atom stereocenters. The number of anilines is 2. The highest BCUT2D eigenvalue weighted by molar-refractivity contribution is 9.10. The van der Waals surface area contributed by atoms with Crippen LogP contribution in [0.15, 0.2) is 41.0 Å². The second-order valence-corrected chi connectivity index (χ2v) is 6.00. The van der Waals surface area contributed by atoms with E-state index in [4.69, 9.17) is 0 Å². The Hall–Kier alpha value is -1.88. The van der Waals surface area contributed by atoms with Gasteiger partial charge in [-0.05, 0) is 59.1 Å². The lowest BCUT2D eigenvalue weighted by atomic mass is 10.2. The third-order valence-corrected chi connectivity index (χ3v) is 3.88. The van der Waals surface area contributed by atoms with Crippen molar-refractivity contribution >= 4 is 33.2 Å². The predicted octanol–water partition coefficient (Wildman–Crippen LogP) is 4.62. The van der Waals surface area contributed by atoms with Gasteiger partial charge in [-0.25, -0.2) is 0 Å². The molecule has 2 N–H and O–H groups in total. The van der Waals surface area contributed by atoms with Crippen molar-refractivity contribution in [2.45, 2.75) is 26.7 Å². The van der Waals surface area contributed by atoms with Gasteiger partial charge in [0, 0.05) is 22.9 Å². The molecular weight excluding hydrogens is 342 g/mol. The summed E-state index contributed by atoms with van der Waals surface area (Å²) in [6.45, 7) is 5.04. The van der Waals surface area contributed by atoms with Crippen LogP contribution in [0.5, 0.6) is 0 Å². The predicted molar refractivity (Wildman–Crippen MR) is 94.5 cm³/mol. The number of halogens is 1. The van der Waals surface area contributed by atoms with Gasteiger partial charge in [-0.1, -0.05) is 19.4 Å². The Kier molecular flexibility index (Phi) is 5.95. The largest absolute Gasteiger partial charge is 0.385 e. The van der Waals surface area contributed by atoms with E-state index in [0.29, 0.717) is 5.69 Å². The van der Waals surface area contributed by atoms with Gasteiger partial charge >= 0.3 is 0 Å². The monoisotopic (exact) mass is 361 g/mol. The van der Waals surface area contributed by atoms with E-state index < -0.39 is 0 Å². The Balaban J connectivity index is 2.07. The molecule has 0 radical (unpaired) electrons. The van der Waals surface area contributed by atoms with Gasteiger partial charge in [0.05, 0.1) is 5.69 Å². The van der Waals surface area contributed by atoms with Crippen LogP contribution in [0.25, 0.3) is 0 Å². The van der Waals surface area contributed by atoms with Crippen molar-refractivity contribution in [2.24, 2.45) is 0 Å². The molecule has 0 saturated carbocycles.